The first kappa shape index (κ1) is 12.9. The Hall–Kier alpha value is -1.55. The van der Waals surface area contributed by atoms with Crippen LogP contribution in [0.3, 0.4) is 0 Å². The molecule has 0 spiro atoms. The number of carbonyl (C=O) groups is 1. The van der Waals surface area contributed by atoms with E-state index in [1.54, 1.807) is 0 Å². The van der Waals surface area contributed by atoms with Gasteiger partial charge in [-0.15, -0.1) is 0 Å². The van der Waals surface area contributed by atoms with Gasteiger partial charge in [0.2, 0.25) is 5.91 Å². The van der Waals surface area contributed by atoms with Gasteiger partial charge in [0, 0.05) is 12.1 Å². The van der Waals surface area contributed by atoms with Crippen LogP contribution in [-0.2, 0) is 11.2 Å². The third-order valence-corrected chi connectivity index (χ3v) is 3.22. The molecule has 0 saturated heterocycles. The lowest BCUT2D eigenvalue weighted by atomic mass is 9.94. The topological polar surface area (TPSA) is 64.3 Å². The molecule has 1 aliphatic rings. The van der Waals surface area contributed by atoms with Crippen LogP contribution < -0.4 is 15.8 Å². The van der Waals surface area contributed by atoms with Crippen LogP contribution in [0.4, 0.5) is 0 Å². The molecule has 1 aromatic rings. The molecule has 0 saturated carbocycles. The van der Waals surface area contributed by atoms with Crippen LogP contribution in [0.1, 0.15) is 19.4 Å². The number of nitrogens with one attached hydrogen (secondary N) is 1. The normalized spacial score (nSPS) is 18.7. The average Bonchev–Trinajstić information content (AvgIpc) is 2.37. The molecule has 0 bridgehead atoms. The van der Waals surface area contributed by atoms with Gasteiger partial charge in [-0.05, 0) is 31.9 Å². The Morgan fingerprint density at radius 2 is 2.22 bits per heavy atom. The molecule has 0 fully saturated rings. The third kappa shape index (κ3) is 2.82. The van der Waals surface area contributed by atoms with Crippen LogP contribution >= 0.6 is 0 Å². The lowest BCUT2D eigenvalue weighted by molar-refractivity contribution is -0.127. The fourth-order valence-corrected chi connectivity index (χ4v) is 1.98. The highest BCUT2D eigenvalue weighted by atomic mass is 16.5. The summed E-state index contributed by atoms with van der Waals surface area (Å²) in [4.78, 5) is 12.1. The quantitative estimate of drug-likeness (QED) is 0.841. The van der Waals surface area contributed by atoms with Crippen molar-refractivity contribution < 1.29 is 9.53 Å². The highest BCUT2D eigenvalue weighted by Crippen LogP contribution is 2.27. The Kier molecular flexibility index (Phi) is 3.57. The van der Waals surface area contributed by atoms with Crippen LogP contribution in [0.5, 0.6) is 5.75 Å². The van der Waals surface area contributed by atoms with Crippen LogP contribution in [-0.4, -0.2) is 24.6 Å². The van der Waals surface area contributed by atoms with E-state index >= 15 is 0 Å². The summed E-state index contributed by atoms with van der Waals surface area (Å²) in [7, 11) is 0. The van der Waals surface area contributed by atoms with Crippen LogP contribution in [0.2, 0.25) is 0 Å². The van der Waals surface area contributed by atoms with Crippen molar-refractivity contribution in [3.63, 3.8) is 0 Å². The highest BCUT2D eigenvalue weighted by molar-refractivity contribution is 5.80. The maximum absolute atomic E-state index is 12.1. The van der Waals surface area contributed by atoms with Crippen LogP contribution in [0.25, 0.3) is 0 Å². The maximum Gasteiger partial charge on any atom is 0.227 e. The van der Waals surface area contributed by atoms with Gasteiger partial charge in [-0.2, -0.15) is 0 Å². The number of hydrogen-bond donors (Lipinski definition) is 2. The van der Waals surface area contributed by atoms with Crippen molar-refractivity contribution in [3.8, 4) is 5.75 Å². The monoisotopic (exact) mass is 248 g/mol. The summed E-state index contributed by atoms with van der Waals surface area (Å²) >= 11 is 0. The third-order valence-electron chi connectivity index (χ3n) is 3.22. The number of hydrogen-bond acceptors (Lipinski definition) is 3. The minimum absolute atomic E-state index is 0.0138. The fourth-order valence-electron chi connectivity index (χ4n) is 1.98. The van der Waals surface area contributed by atoms with Crippen molar-refractivity contribution in [3.05, 3.63) is 29.8 Å². The largest absolute Gasteiger partial charge is 0.492 e. The molecule has 1 unspecified atom stereocenters. The molecule has 0 aliphatic carbocycles. The van der Waals surface area contributed by atoms with Crippen LogP contribution in [0.15, 0.2) is 24.3 Å². The molecule has 18 heavy (non-hydrogen) atoms. The lowest BCUT2D eigenvalue weighted by Gasteiger charge is -2.29. The Morgan fingerprint density at radius 3 is 2.94 bits per heavy atom. The zero-order chi connectivity index (χ0) is 13.2. The Bertz CT molecular complexity index is 443. The number of benzene rings is 1. The van der Waals surface area contributed by atoms with Crippen molar-refractivity contribution >= 4 is 5.91 Å². The van der Waals surface area contributed by atoms with Gasteiger partial charge in [0.05, 0.1) is 5.92 Å². The first-order valence-electron chi connectivity index (χ1n) is 6.24. The first-order valence-corrected chi connectivity index (χ1v) is 6.24. The summed E-state index contributed by atoms with van der Waals surface area (Å²) in [6.07, 6.45) is 0.725. The van der Waals surface area contributed by atoms with E-state index in [9.17, 15) is 4.79 Å². The second-order valence-electron chi connectivity index (χ2n) is 5.40. The SMILES string of the molecule is CC(C)(CN)NC(=O)C1COc2ccccc2C1. The van der Waals surface area contributed by atoms with Crippen LogP contribution in [0, 0.1) is 5.92 Å². The average molecular weight is 248 g/mol. The van der Waals surface area contributed by atoms with Gasteiger partial charge in [0.15, 0.2) is 0 Å². The summed E-state index contributed by atoms with van der Waals surface area (Å²) in [5.41, 5.74) is 6.34. The second kappa shape index (κ2) is 4.98. The van der Waals surface area contributed by atoms with Gasteiger partial charge in [0.1, 0.15) is 12.4 Å². The summed E-state index contributed by atoms with van der Waals surface area (Å²) in [6.45, 7) is 4.69. The number of rotatable bonds is 3. The predicted molar refractivity (Wildman–Crippen MR) is 70.4 cm³/mol. The first-order chi connectivity index (χ1) is 8.52. The molecule has 0 radical (unpaired) electrons. The van der Waals surface area contributed by atoms with Gasteiger partial charge in [-0.25, -0.2) is 0 Å². The minimum atomic E-state index is -0.367. The Balaban J connectivity index is 2.03. The molecule has 2 rings (SSSR count). The molecular weight excluding hydrogens is 228 g/mol. The Labute approximate surface area is 108 Å². The number of amides is 1. The predicted octanol–water partition coefficient (Wildman–Crippen LogP) is 1.09. The molecular formula is C14H20N2O2. The molecule has 0 aromatic heterocycles. The van der Waals surface area contributed by atoms with Gasteiger partial charge >= 0.3 is 0 Å². The van der Waals surface area contributed by atoms with E-state index in [2.05, 4.69) is 5.32 Å². The molecule has 1 aliphatic heterocycles. The van der Waals surface area contributed by atoms with Crippen molar-refractivity contribution in [1.29, 1.82) is 0 Å². The summed E-state index contributed by atoms with van der Waals surface area (Å²) in [5, 5.41) is 2.96. The summed E-state index contributed by atoms with van der Waals surface area (Å²) in [6, 6.07) is 7.85. The Morgan fingerprint density at radius 1 is 1.50 bits per heavy atom. The van der Waals surface area contributed by atoms with Crippen molar-refractivity contribution in [1.82, 2.24) is 5.32 Å². The van der Waals surface area contributed by atoms with E-state index in [1.165, 1.54) is 0 Å². The maximum atomic E-state index is 12.1. The molecule has 1 aromatic carbocycles. The van der Waals surface area contributed by atoms with Gasteiger partial charge in [0.25, 0.3) is 0 Å². The second-order valence-corrected chi connectivity index (χ2v) is 5.40. The molecule has 98 valence electrons. The number of ether oxygens (including phenoxy) is 1. The van der Waals surface area contributed by atoms with E-state index in [4.69, 9.17) is 10.5 Å². The van der Waals surface area contributed by atoms with Gasteiger partial charge in [-0.3, -0.25) is 4.79 Å². The van der Waals surface area contributed by atoms with E-state index < -0.39 is 0 Å². The number of nitrogens with two attached hydrogens (primary N) is 1. The smallest absolute Gasteiger partial charge is 0.227 e. The van der Waals surface area contributed by atoms with E-state index in [0.29, 0.717) is 13.2 Å². The molecule has 1 atom stereocenters. The van der Waals surface area contributed by atoms with E-state index in [0.717, 1.165) is 17.7 Å². The zero-order valence-corrected chi connectivity index (χ0v) is 10.9. The molecule has 4 nitrogen and oxygen atoms in total. The van der Waals surface area contributed by atoms with Gasteiger partial charge < -0.3 is 15.8 Å². The van der Waals surface area contributed by atoms with Crippen molar-refractivity contribution in [2.24, 2.45) is 11.7 Å². The molecule has 3 N–H and O–H groups in total. The summed E-state index contributed by atoms with van der Waals surface area (Å²) in [5.74, 6) is 0.769. The van der Waals surface area contributed by atoms with Gasteiger partial charge in [-0.1, -0.05) is 18.2 Å². The van der Waals surface area contributed by atoms with Crippen molar-refractivity contribution in [2.45, 2.75) is 25.8 Å². The number of carbonyl (C=O) groups excluding carboxylic acids is 1. The van der Waals surface area contributed by atoms with E-state index in [-0.39, 0.29) is 17.4 Å². The molecule has 1 heterocycles. The molecule has 4 heteroatoms. The fraction of sp³-hybridized carbons (Fsp3) is 0.500. The highest BCUT2D eigenvalue weighted by Gasteiger charge is 2.29. The number of fused-ring (bicyclic) bond motifs is 1. The van der Waals surface area contributed by atoms with E-state index in [1.807, 2.05) is 38.1 Å². The molecule has 1 amide bonds. The summed E-state index contributed by atoms with van der Waals surface area (Å²) < 4.78 is 5.61. The lowest BCUT2D eigenvalue weighted by Crippen LogP contribution is -2.52. The standard InChI is InChI=1S/C14H20N2O2/c1-14(2,9-15)16-13(17)11-7-10-5-3-4-6-12(10)18-8-11/h3-6,11H,7-9,15H2,1-2H3,(H,16,17). The van der Waals surface area contributed by atoms with Crippen molar-refractivity contribution in [2.75, 3.05) is 13.2 Å². The number of para-hydroxylation sites is 1. The zero-order valence-electron chi connectivity index (χ0n) is 10.9. The minimum Gasteiger partial charge on any atom is -0.492 e.